The highest BCUT2D eigenvalue weighted by molar-refractivity contribution is 6.35. The smallest absolute Gasteiger partial charge is 0.309 e. The summed E-state index contributed by atoms with van der Waals surface area (Å²) < 4.78 is 0. The molecule has 22 heavy (non-hydrogen) atoms. The zero-order valence-corrected chi connectivity index (χ0v) is 14.7. The summed E-state index contributed by atoms with van der Waals surface area (Å²) in [6.07, 6.45) is 14.2. The van der Waals surface area contributed by atoms with Crippen LogP contribution in [0.2, 0.25) is 0 Å². The van der Waals surface area contributed by atoms with Gasteiger partial charge in [-0.05, 0) is 12.8 Å². The summed E-state index contributed by atoms with van der Waals surface area (Å²) in [5, 5.41) is 5.38. The zero-order valence-electron chi connectivity index (χ0n) is 14.7. The lowest BCUT2D eigenvalue weighted by atomic mass is 10.1. The first-order valence-corrected chi connectivity index (χ1v) is 9.28. The molecule has 4 nitrogen and oxygen atoms in total. The molecule has 0 unspecified atom stereocenters. The molecule has 0 aliphatic rings. The van der Waals surface area contributed by atoms with Crippen molar-refractivity contribution < 1.29 is 9.59 Å². The molecule has 2 amide bonds. The predicted molar refractivity (Wildman–Crippen MR) is 92.8 cm³/mol. The molecular weight excluding hydrogens is 276 g/mol. The van der Waals surface area contributed by atoms with Crippen LogP contribution in [0, 0.1) is 0 Å². The molecule has 0 saturated carbocycles. The van der Waals surface area contributed by atoms with E-state index in [9.17, 15) is 9.59 Å². The van der Waals surface area contributed by atoms with E-state index in [0.29, 0.717) is 13.1 Å². The summed E-state index contributed by atoms with van der Waals surface area (Å²) in [5.41, 5.74) is 0. The Kier molecular flexibility index (Phi) is 15.5. The van der Waals surface area contributed by atoms with Gasteiger partial charge in [0.25, 0.3) is 0 Å². The van der Waals surface area contributed by atoms with E-state index in [2.05, 4.69) is 24.5 Å². The predicted octanol–water partition coefficient (Wildman–Crippen LogP) is 3.94. The van der Waals surface area contributed by atoms with Gasteiger partial charge < -0.3 is 10.6 Å². The maximum atomic E-state index is 11.6. The van der Waals surface area contributed by atoms with Crippen molar-refractivity contribution in [1.29, 1.82) is 0 Å². The van der Waals surface area contributed by atoms with E-state index in [1.165, 1.54) is 51.4 Å². The number of carbonyl (C=O) groups is 2. The van der Waals surface area contributed by atoms with Crippen LogP contribution < -0.4 is 10.6 Å². The van der Waals surface area contributed by atoms with E-state index < -0.39 is 11.8 Å². The second-order valence-corrected chi connectivity index (χ2v) is 6.05. The summed E-state index contributed by atoms with van der Waals surface area (Å²) >= 11 is 0. The molecule has 4 heteroatoms. The lowest BCUT2D eigenvalue weighted by Gasteiger charge is -2.06. The molecular formula is C18H36N2O2. The van der Waals surface area contributed by atoms with Crippen molar-refractivity contribution in [2.75, 3.05) is 13.1 Å². The Balaban J connectivity index is 3.38. The molecule has 0 aliphatic heterocycles. The summed E-state index contributed by atoms with van der Waals surface area (Å²) in [7, 11) is 0. The third kappa shape index (κ3) is 13.9. The zero-order chi connectivity index (χ0) is 16.5. The normalized spacial score (nSPS) is 10.5. The number of rotatable bonds is 14. The highest BCUT2D eigenvalue weighted by Crippen LogP contribution is 2.04. The SMILES string of the molecule is CCCCCCCCNC(=O)C(=O)NCCCCCCCC. The largest absolute Gasteiger partial charge is 0.348 e. The third-order valence-corrected chi connectivity index (χ3v) is 3.84. The maximum absolute atomic E-state index is 11.6. The Labute approximate surface area is 136 Å². The van der Waals surface area contributed by atoms with Crippen LogP contribution in [-0.4, -0.2) is 24.9 Å². The molecule has 0 saturated heterocycles. The maximum Gasteiger partial charge on any atom is 0.309 e. The highest BCUT2D eigenvalue weighted by Gasteiger charge is 2.11. The van der Waals surface area contributed by atoms with E-state index >= 15 is 0 Å². The van der Waals surface area contributed by atoms with Crippen LogP contribution in [0.5, 0.6) is 0 Å². The molecule has 0 atom stereocenters. The van der Waals surface area contributed by atoms with Crippen LogP contribution in [0.25, 0.3) is 0 Å². The van der Waals surface area contributed by atoms with E-state index in [1.54, 1.807) is 0 Å². The Morgan fingerprint density at radius 3 is 1.23 bits per heavy atom. The summed E-state index contributed by atoms with van der Waals surface area (Å²) in [6.45, 7) is 5.61. The fourth-order valence-corrected chi connectivity index (χ4v) is 2.38. The Hall–Kier alpha value is -1.06. The lowest BCUT2D eigenvalue weighted by molar-refractivity contribution is -0.139. The first kappa shape index (κ1) is 20.9. The minimum Gasteiger partial charge on any atom is -0.348 e. The molecule has 0 heterocycles. The third-order valence-electron chi connectivity index (χ3n) is 3.84. The topological polar surface area (TPSA) is 58.2 Å². The first-order chi connectivity index (χ1) is 10.7. The van der Waals surface area contributed by atoms with Crippen molar-refractivity contribution in [3.05, 3.63) is 0 Å². The second kappa shape index (κ2) is 16.3. The number of carbonyl (C=O) groups excluding carboxylic acids is 2. The summed E-state index contributed by atoms with van der Waals surface area (Å²) in [5.74, 6) is -0.973. The molecule has 0 aromatic rings. The van der Waals surface area contributed by atoms with Gasteiger partial charge in [-0.25, -0.2) is 0 Å². The number of unbranched alkanes of at least 4 members (excludes halogenated alkanes) is 10. The van der Waals surface area contributed by atoms with Crippen molar-refractivity contribution in [1.82, 2.24) is 10.6 Å². The molecule has 130 valence electrons. The molecule has 0 rings (SSSR count). The average Bonchev–Trinajstić information content (AvgIpc) is 2.52. The van der Waals surface area contributed by atoms with Crippen molar-refractivity contribution >= 4 is 11.8 Å². The van der Waals surface area contributed by atoms with Crippen molar-refractivity contribution in [2.24, 2.45) is 0 Å². The van der Waals surface area contributed by atoms with Crippen molar-refractivity contribution in [2.45, 2.75) is 90.9 Å². The molecule has 0 aromatic carbocycles. The van der Waals surface area contributed by atoms with E-state index in [1.807, 2.05) is 0 Å². The monoisotopic (exact) mass is 312 g/mol. The average molecular weight is 312 g/mol. The van der Waals surface area contributed by atoms with Crippen molar-refractivity contribution in [3.63, 3.8) is 0 Å². The molecule has 0 radical (unpaired) electrons. The number of hydrogen-bond donors (Lipinski definition) is 2. The van der Waals surface area contributed by atoms with Crippen LogP contribution >= 0.6 is 0 Å². The fourth-order valence-electron chi connectivity index (χ4n) is 2.38. The number of hydrogen-bond acceptors (Lipinski definition) is 2. The Bertz CT molecular complexity index is 252. The summed E-state index contributed by atoms with van der Waals surface area (Å²) in [4.78, 5) is 23.1. The fraction of sp³-hybridized carbons (Fsp3) is 0.889. The molecule has 0 fully saturated rings. The Morgan fingerprint density at radius 1 is 0.545 bits per heavy atom. The number of amides is 2. The van der Waals surface area contributed by atoms with Gasteiger partial charge in [-0.1, -0.05) is 78.1 Å². The van der Waals surface area contributed by atoms with E-state index in [0.717, 1.165) is 25.7 Å². The lowest BCUT2D eigenvalue weighted by Crippen LogP contribution is -2.40. The van der Waals surface area contributed by atoms with Gasteiger partial charge in [0, 0.05) is 13.1 Å². The molecule has 2 N–H and O–H groups in total. The van der Waals surface area contributed by atoms with Crippen LogP contribution in [0.3, 0.4) is 0 Å². The molecule has 0 spiro atoms. The highest BCUT2D eigenvalue weighted by atomic mass is 16.2. The summed E-state index contributed by atoms with van der Waals surface area (Å²) in [6, 6.07) is 0. The van der Waals surface area contributed by atoms with Gasteiger partial charge in [-0.2, -0.15) is 0 Å². The van der Waals surface area contributed by atoms with Crippen LogP contribution in [0.1, 0.15) is 90.9 Å². The van der Waals surface area contributed by atoms with Gasteiger partial charge in [0.05, 0.1) is 0 Å². The van der Waals surface area contributed by atoms with Crippen molar-refractivity contribution in [3.8, 4) is 0 Å². The van der Waals surface area contributed by atoms with Gasteiger partial charge in [-0.3, -0.25) is 9.59 Å². The molecule has 0 bridgehead atoms. The van der Waals surface area contributed by atoms with Crippen LogP contribution in [-0.2, 0) is 9.59 Å². The first-order valence-electron chi connectivity index (χ1n) is 9.28. The van der Waals surface area contributed by atoms with E-state index in [4.69, 9.17) is 0 Å². The van der Waals surface area contributed by atoms with Crippen LogP contribution in [0.15, 0.2) is 0 Å². The van der Waals surface area contributed by atoms with Gasteiger partial charge in [0.15, 0.2) is 0 Å². The Morgan fingerprint density at radius 2 is 0.864 bits per heavy atom. The molecule has 0 aromatic heterocycles. The van der Waals surface area contributed by atoms with Crippen LogP contribution in [0.4, 0.5) is 0 Å². The minimum atomic E-state index is -0.487. The second-order valence-electron chi connectivity index (χ2n) is 6.05. The van der Waals surface area contributed by atoms with Gasteiger partial charge >= 0.3 is 11.8 Å². The van der Waals surface area contributed by atoms with E-state index in [-0.39, 0.29) is 0 Å². The van der Waals surface area contributed by atoms with Gasteiger partial charge in [0.1, 0.15) is 0 Å². The van der Waals surface area contributed by atoms with Gasteiger partial charge in [0.2, 0.25) is 0 Å². The standard InChI is InChI=1S/C18H36N2O2/c1-3-5-7-9-11-13-15-19-17(21)18(22)20-16-14-12-10-8-6-4-2/h3-16H2,1-2H3,(H,19,21)(H,20,22). The minimum absolute atomic E-state index is 0.487. The van der Waals surface area contributed by atoms with Gasteiger partial charge in [-0.15, -0.1) is 0 Å². The quantitative estimate of drug-likeness (QED) is 0.377. The molecule has 0 aliphatic carbocycles. The number of nitrogens with one attached hydrogen (secondary N) is 2.